The van der Waals surface area contributed by atoms with Crippen LogP contribution in [0.2, 0.25) is 0 Å². The molecule has 2 aliphatic carbocycles. The van der Waals surface area contributed by atoms with Gasteiger partial charge in [0, 0.05) is 22.8 Å². The Morgan fingerprint density at radius 2 is 1.26 bits per heavy atom. The third kappa shape index (κ3) is 8.48. The maximum Gasteiger partial charge on any atom is 0.407 e. The van der Waals surface area contributed by atoms with Gasteiger partial charge in [0.25, 0.3) is 5.56 Å². The van der Waals surface area contributed by atoms with Crippen molar-refractivity contribution in [1.29, 1.82) is 0 Å². The van der Waals surface area contributed by atoms with Crippen LogP contribution in [0, 0.1) is 17.3 Å². The van der Waals surface area contributed by atoms with Gasteiger partial charge < -0.3 is 39.9 Å². The van der Waals surface area contributed by atoms with Crippen LogP contribution in [0.25, 0.3) is 43.0 Å². The number of methoxy groups -OCH3 is 2. The summed E-state index contributed by atoms with van der Waals surface area (Å²) in [7, 11) is 2.57. The normalized spacial score (nSPS) is 19.8. The molecule has 2 aromatic carbocycles. The van der Waals surface area contributed by atoms with Gasteiger partial charge in [-0.2, -0.15) is 0 Å². The molecule has 4 atom stereocenters. The third-order valence-corrected chi connectivity index (χ3v) is 15.8. The van der Waals surface area contributed by atoms with E-state index in [0.29, 0.717) is 36.2 Å². The van der Waals surface area contributed by atoms with E-state index < -0.39 is 30.3 Å². The van der Waals surface area contributed by atoms with Crippen LogP contribution >= 0.6 is 11.3 Å². The highest BCUT2D eigenvalue weighted by Gasteiger charge is 2.44. The smallest absolute Gasteiger partial charge is 0.407 e. The number of ether oxygens (including phenoxy) is 2. The number of hydrogen-bond acceptors (Lipinski definition) is 10. The standard InChI is InChI=1S/C50H60N8O7S/c1-27(2)39(54-48(62)64-5)46(60)57-21-9-11-37(57)43-51-26-36(53-43)29-13-15-30(16-14-29)41-33-24-50(19-7-8-20-50)25-34(33)42(66-41)31-17-18-35-32(23-31)45(59)56-44(52-35)38-12-10-22-58(38)47(61)40(28(3)4)55-49(63)65-6/h13-18,23,26-28,37-40H,7-12,19-22,24-25H2,1-6H3,(H,51,53)(H,54,62)(H,55,63)(H,52,56,59). The number of likely N-dealkylation sites (tertiary alicyclic amines) is 2. The number of aromatic amines is 2. The number of hydrogen-bond donors (Lipinski definition) is 4. The number of amides is 4. The van der Waals surface area contributed by atoms with Crippen molar-refractivity contribution in [1.82, 2.24) is 40.4 Å². The van der Waals surface area contributed by atoms with Crippen LogP contribution in [0.3, 0.4) is 0 Å². The summed E-state index contributed by atoms with van der Waals surface area (Å²) in [5, 5.41) is 5.91. The minimum absolute atomic E-state index is 0.116. The van der Waals surface area contributed by atoms with Crippen LogP contribution in [-0.4, -0.2) is 93.1 Å². The molecule has 66 heavy (non-hydrogen) atoms. The van der Waals surface area contributed by atoms with Crippen LogP contribution in [0.15, 0.2) is 53.5 Å². The van der Waals surface area contributed by atoms with E-state index in [-0.39, 0.29) is 40.7 Å². The van der Waals surface area contributed by atoms with Crippen molar-refractivity contribution in [2.75, 3.05) is 27.3 Å². The van der Waals surface area contributed by atoms with E-state index in [9.17, 15) is 24.0 Å². The molecule has 2 saturated heterocycles. The average Bonchev–Trinajstić information content (AvgIpc) is 4.19. The first kappa shape index (κ1) is 45.1. The lowest BCUT2D eigenvalue weighted by molar-refractivity contribution is -0.136. The highest BCUT2D eigenvalue weighted by Crippen LogP contribution is 2.56. The van der Waals surface area contributed by atoms with Gasteiger partial charge in [-0.3, -0.25) is 14.4 Å². The predicted molar refractivity (Wildman–Crippen MR) is 253 cm³/mol. The first-order valence-electron chi connectivity index (χ1n) is 23.4. The highest BCUT2D eigenvalue weighted by atomic mass is 32.1. The number of carbonyl (C=O) groups is 4. The largest absolute Gasteiger partial charge is 0.453 e. The summed E-state index contributed by atoms with van der Waals surface area (Å²) >= 11 is 1.79. The Hall–Kier alpha value is -6.03. The topological polar surface area (TPSA) is 192 Å². The van der Waals surface area contributed by atoms with Crippen molar-refractivity contribution < 1.29 is 28.7 Å². The quantitative estimate of drug-likeness (QED) is 0.101. The SMILES string of the molecule is COC(=O)NC(C(=O)N1CCCC1c1ncc(-c2ccc(-c3sc(-c4ccc5nc(C6CCCN6C(=O)C(NC(=O)OC)C(C)C)[nH]c(=O)c5c4)c4c3CC3(CCCC3)C4)cc2)[nH]1)C(C)C. The second kappa shape index (κ2) is 18.3. The Kier molecular flexibility index (Phi) is 12.5. The fraction of sp³-hybridized carbons (Fsp3) is 0.500. The van der Waals surface area contributed by atoms with Crippen molar-refractivity contribution in [2.45, 2.75) is 116 Å². The molecule has 4 unspecified atom stereocenters. The van der Waals surface area contributed by atoms with Crippen LogP contribution in [0.5, 0.6) is 0 Å². The van der Waals surface area contributed by atoms with Gasteiger partial charge in [0.2, 0.25) is 11.8 Å². The Bertz CT molecular complexity index is 2720. The summed E-state index contributed by atoms with van der Waals surface area (Å²) < 4.78 is 9.59. The van der Waals surface area contributed by atoms with Crippen molar-refractivity contribution in [3.05, 3.63) is 81.8 Å². The second-order valence-electron chi connectivity index (χ2n) is 19.3. The maximum atomic E-state index is 14.0. The van der Waals surface area contributed by atoms with Gasteiger partial charge in [0.1, 0.15) is 23.7 Å². The summed E-state index contributed by atoms with van der Waals surface area (Å²) in [6.45, 7) is 8.65. The molecule has 15 nitrogen and oxygen atoms in total. The zero-order valence-electron chi connectivity index (χ0n) is 38.6. The molecule has 16 heteroatoms. The average molecular weight is 917 g/mol. The number of benzene rings is 2. The number of aromatic nitrogens is 4. The van der Waals surface area contributed by atoms with E-state index in [4.69, 9.17) is 19.4 Å². The van der Waals surface area contributed by atoms with Crippen LogP contribution in [-0.2, 0) is 31.9 Å². The molecule has 0 bridgehead atoms. The van der Waals surface area contributed by atoms with E-state index >= 15 is 0 Å². The minimum atomic E-state index is -0.771. The van der Waals surface area contributed by atoms with Crippen molar-refractivity contribution in [2.24, 2.45) is 17.3 Å². The Balaban J connectivity index is 0.979. The third-order valence-electron chi connectivity index (χ3n) is 14.4. The molecule has 1 spiro atoms. The molecule has 348 valence electrons. The lowest BCUT2D eigenvalue weighted by Crippen LogP contribution is -2.51. The number of nitrogens with one attached hydrogen (secondary N) is 4. The van der Waals surface area contributed by atoms with Crippen LogP contribution < -0.4 is 16.2 Å². The monoisotopic (exact) mass is 916 g/mol. The lowest BCUT2D eigenvalue weighted by atomic mass is 9.83. The summed E-state index contributed by atoms with van der Waals surface area (Å²) in [5.74, 6) is 0.522. The van der Waals surface area contributed by atoms with Gasteiger partial charge >= 0.3 is 12.2 Å². The van der Waals surface area contributed by atoms with Crippen molar-refractivity contribution >= 4 is 46.2 Å². The van der Waals surface area contributed by atoms with Gasteiger partial charge in [-0.1, -0.05) is 70.9 Å². The summed E-state index contributed by atoms with van der Waals surface area (Å²) in [6, 6.07) is 12.5. The number of fused-ring (bicyclic) bond motifs is 2. The molecular weight excluding hydrogens is 857 g/mol. The molecule has 4 aliphatic rings. The summed E-state index contributed by atoms with van der Waals surface area (Å²) in [6.07, 6.45) is 10.6. The molecule has 2 aliphatic heterocycles. The fourth-order valence-corrected chi connectivity index (χ4v) is 12.3. The van der Waals surface area contributed by atoms with Crippen LogP contribution in [0.4, 0.5) is 9.59 Å². The minimum Gasteiger partial charge on any atom is -0.453 e. The number of carbonyl (C=O) groups excluding carboxylic acids is 4. The Labute approximate surface area is 388 Å². The maximum absolute atomic E-state index is 14.0. The highest BCUT2D eigenvalue weighted by molar-refractivity contribution is 7.19. The first-order valence-corrected chi connectivity index (χ1v) is 24.2. The van der Waals surface area contributed by atoms with E-state index in [2.05, 4.69) is 50.9 Å². The van der Waals surface area contributed by atoms with Gasteiger partial charge in [0.15, 0.2) is 0 Å². The van der Waals surface area contributed by atoms with Crippen LogP contribution in [0.1, 0.15) is 114 Å². The predicted octanol–water partition coefficient (Wildman–Crippen LogP) is 8.46. The number of H-pyrrole nitrogens is 2. The van der Waals surface area contributed by atoms with Gasteiger partial charge in [0.05, 0.1) is 49.1 Å². The molecule has 4 amide bonds. The molecule has 1 saturated carbocycles. The fourth-order valence-electron chi connectivity index (χ4n) is 10.9. The first-order chi connectivity index (χ1) is 31.8. The van der Waals surface area contributed by atoms with E-state index in [0.717, 1.165) is 60.3 Å². The summed E-state index contributed by atoms with van der Waals surface area (Å²) in [4.78, 5) is 87.9. The zero-order chi connectivity index (χ0) is 46.4. The summed E-state index contributed by atoms with van der Waals surface area (Å²) in [5.41, 5.74) is 7.40. The molecule has 3 fully saturated rings. The van der Waals surface area contributed by atoms with E-state index in [1.54, 1.807) is 16.2 Å². The molecular formula is C50H60N8O7S. The molecule has 5 aromatic rings. The lowest BCUT2D eigenvalue weighted by Gasteiger charge is -2.30. The number of alkyl carbamates (subject to hydrolysis) is 2. The molecule has 3 aromatic heterocycles. The number of nitrogens with zero attached hydrogens (tertiary/aromatic N) is 4. The number of imidazole rings is 1. The Morgan fingerprint density at radius 1 is 0.727 bits per heavy atom. The van der Waals surface area contributed by atoms with E-state index in [1.807, 2.05) is 50.9 Å². The number of thiophene rings is 1. The zero-order valence-corrected chi connectivity index (χ0v) is 39.4. The van der Waals surface area contributed by atoms with Crippen molar-refractivity contribution in [3.8, 4) is 32.1 Å². The van der Waals surface area contributed by atoms with Gasteiger partial charge in [-0.25, -0.2) is 19.6 Å². The second-order valence-corrected chi connectivity index (χ2v) is 20.3. The van der Waals surface area contributed by atoms with Crippen molar-refractivity contribution in [3.63, 3.8) is 0 Å². The van der Waals surface area contributed by atoms with Gasteiger partial charge in [-0.05, 0) is 109 Å². The molecule has 9 rings (SSSR count). The number of rotatable bonds is 11. The van der Waals surface area contributed by atoms with E-state index in [1.165, 1.54) is 60.8 Å². The molecule has 0 radical (unpaired) electrons. The van der Waals surface area contributed by atoms with Gasteiger partial charge in [-0.15, -0.1) is 11.3 Å². The molecule has 5 heterocycles. The molecule has 4 N–H and O–H groups in total. The Morgan fingerprint density at radius 3 is 1.82 bits per heavy atom.